The van der Waals surface area contributed by atoms with E-state index in [1.165, 1.54) is 0 Å². The van der Waals surface area contributed by atoms with Crippen LogP contribution in [0.1, 0.15) is 61.3 Å². The number of carbonyl (C=O) groups is 1. The van der Waals surface area contributed by atoms with Gasteiger partial charge in [-0.1, -0.05) is 6.92 Å². The van der Waals surface area contributed by atoms with E-state index in [-0.39, 0.29) is 10.8 Å². The first kappa shape index (κ1) is 21.1. The van der Waals surface area contributed by atoms with Crippen LogP contribution < -0.4 is 0 Å². The predicted octanol–water partition coefficient (Wildman–Crippen LogP) is 3.80. The number of carbonyl (C=O) groups excluding carboxylic acids is 1. The molecule has 0 bridgehead atoms. The third kappa shape index (κ3) is 9.92. The van der Waals surface area contributed by atoms with Gasteiger partial charge in [-0.05, 0) is 60.3 Å². The molecule has 0 radical (unpaired) electrons. The Labute approximate surface area is 138 Å². The van der Waals surface area contributed by atoms with Crippen molar-refractivity contribution >= 4 is 23.3 Å². The van der Waals surface area contributed by atoms with Gasteiger partial charge in [0.15, 0.2) is 0 Å². The molecule has 2 atom stereocenters. The van der Waals surface area contributed by atoms with Crippen molar-refractivity contribution in [3.05, 3.63) is 0 Å². The van der Waals surface area contributed by atoms with Crippen molar-refractivity contribution in [3.8, 4) is 0 Å². The summed E-state index contributed by atoms with van der Waals surface area (Å²) in [6.45, 7) is 14.0. The Morgan fingerprint density at radius 2 is 1.82 bits per heavy atom. The topological polar surface area (TPSA) is 59.0 Å². The highest BCUT2D eigenvalue weighted by Gasteiger charge is 2.21. The van der Waals surface area contributed by atoms with Crippen LogP contribution in [0.15, 0.2) is 4.40 Å². The normalized spacial score (nSPS) is 15.6. The van der Waals surface area contributed by atoms with Gasteiger partial charge in [-0.15, -0.1) is 0 Å². The molecule has 0 aromatic heterocycles. The summed E-state index contributed by atoms with van der Waals surface area (Å²) in [4.78, 5) is 13.5. The Bertz CT molecular complexity index is 409. The molecule has 0 aliphatic carbocycles. The molecule has 0 saturated heterocycles. The Morgan fingerprint density at radius 3 is 2.27 bits per heavy atom. The third-order valence-electron chi connectivity index (χ3n) is 2.77. The monoisotopic (exact) mass is 332 g/mol. The summed E-state index contributed by atoms with van der Waals surface area (Å²) >= 11 is 0. The van der Waals surface area contributed by atoms with Crippen LogP contribution in [0.25, 0.3) is 0 Å². The van der Waals surface area contributed by atoms with Crippen LogP contribution in [0.3, 0.4) is 0 Å². The fraction of sp³-hybridized carbons (Fsp3) is 0.875. The van der Waals surface area contributed by atoms with E-state index in [4.69, 9.17) is 4.74 Å². The predicted molar refractivity (Wildman–Crippen MR) is 93.6 cm³/mol. The molecule has 6 heteroatoms. The van der Waals surface area contributed by atoms with Crippen molar-refractivity contribution < 1.29 is 13.7 Å². The minimum Gasteiger partial charge on any atom is -0.444 e. The second kappa shape index (κ2) is 8.65. The molecule has 5 nitrogen and oxygen atoms in total. The van der Waals surface area contributed by atoms with Gasteiger partial charge in [0, 0.05) is 19.8 Å². The summed E-state index contributed by atoms with van der Waals surface area (Å²) < 4.78 is 20.8. The molecule has 0 saturated carbocycles. The number of rotatable bonds is 6. The van der Waals surface area contributed by atoms with E-state index in [1.807, 2.05) is 41.5 Å². The maximum atomic E-state index is 11.9. The van der Waals surface area contributed by atoms with E-state index in [0.29, 0.717) is 12.5 Å². The zero-order valence-electron chi connectivity index (χ0n) is 15.3. The Balaban J connectivity index is 4.14. The lowest BCUT2D eigenvalue weighted by atomic mass is 10.1. The molecule has 0 fully saturated rings. The number of amides is 1. The second-order valence-electron chi connectivity index (χ2n) is 7.69. The second-order valence-corrected chi connectivity index (χ2v) is 9.63. The summed E-state index contributed by atoms with van der Waals surface area (Å²) in [5, 5.41) is 0. The third-order valence-corrected chi connectivity index (χ3v) is 4.16. The minimum absolute atomic E-state index is 0.304. The van der Waals surface area contributed by atoms with Gasteiger partial charge in [0.1, 0.15) is 16.6 Å². The van der Waals surface area contributed by atoms with E-state index in [0.717, 1.165) is 12.8 Å². The van der Waals surface area contributed by atoms with Crippen molar-refractivity contribution in [2.75, 3.05) is 13.6 Å². The van der Waals surface area contributed by atoms with Crippen LogP contribution in [-0.4, -0.2) is 45.4 Å². The lowest BCUT2D eigenvalue weighted by Gasteiger charge is -2.26. The van der Waals surface area contributed by atoms with E-state index in [2.05, 4.69) is 11.3 Å². The average Bonchev–Trinajstić information content (AvgIpc) is 2.30. The van der Waals surface area contributed by atoms with E-state index in [1.54, 1.807) is 18.2 Å². The van der Waals surface area contributed by atoms with Gasteiger partial charge in [-0.25, -0.2) is 9.00 Å². The van der Waals surface area contributed by atoms with E-state index in [9.17, 15) is 9.00 Å². The number of nitrogens with zero attached hydrogens (tertiary/aromatic N) is 2. The number of ether oxygens (including phenoxy) is 1. The van der Waals surface area contributed by atoms with Crippen molar-refractivity contribution in [1.29, 1.82) is 0 Å². The standard InChI is InChI=1S/C16H32N2O3S/c1-13(10-9-11-17-22(20)16(5,6)7)12-18(8)14(19)21-15(2,3)4/h11,13H,9-10,12H2,1-8H3/b17-11+/t13-,22?/m1/s1. The van der Waals surface area contributed by atoms with Crippen LogP contribution in [0.5, 0.6) is 0 Å². The average molecular weight is 333 g/mol. The smallest absolute Gasteiger partial charge is 0.410 e. The molecule has 0 rings (SSSR count). The first-order valence-electron chi connectivity index (χ1n) is 7.71. The highest BCUT2D eigenvalue weighted by atomic mass is 32.2. The molecule has 0 aromatic rings. The zero-order valence-corrected chi connectivity index (χ0v) is 16.1. The molecule has 22 heavy (non-hydrogen) atoms. The van der Waals surface area contributed by atoms with Crippen molar-refractivity contribution in [3.63, 3.8) is 0 Å². The molecule has 0 aliphatic rings. The quantitative estimate of drug-likeness (QED) is 0.695. The van der Waals surface area contributed by atoms with Gasteiger partial charge in [-0.2, -0.15) is 4.40 Å². The molecule has 0 spiro atoms. The first-order valence-corrected chi connectivity index (χ1v) is 8.82. The van der Waals surface area contributed by atoms with Gasteiger partial charge < -0.3 is 9.64 Å². The zero-order chi connectivity index (χ0) is 17.6. The SMILES string of the molecule is C[C@H](CC/C=N/S(=O)C(C)(C)C)CN(C)C(=O)OC(C)(C)C. The minimum atomic E-state index is -1.20. The highest BCUT2D eigenvalue weighted by Crippen LogP contribution is 2.13. The molecule has 130 valence electrons. The Morgan fingerprint density at radius 1 is 1.27 bits per heavy atom. The lowest BCUT2D eigenvalue weighted by molar-refractivity contribution is 0.0275. The van der Waals surface area contributed by atoms with Crippen LogP contribution in [0.4, 0.5) is 4.79 Å². The fourth-order valence-electron chi connectivity index (χ4n) is 1.61. The molecule has 0 aliphatic heterocycles. The van der Waals surface area contributed by atoms with Crippen LogP contribution in [0, 0.1) is 5.92 Å². The summed E-state index contributed by atoms with van der Waals surface area (Å²) in [6.07, 6.45) is 3.07. The summed E-state index contributed by atoms with van der Waals surface area (Å²) in [5.41, 5.74) is -0.474. The molecule has 0 aromatic carbocycles. The molecular weight excluding hydrogens is 300 g/mol. The van der Waals surface area contributed by atoms with Gasteiger partial charge in [0.25, 0.3) is 0 Å². The number of hydrogen-bond acceptors (Lipinski definition) is 3. The maximum Gasteiger partial charge on any atom is 0.410 e. The fourth-order valence-corrected chi connectivity index (χ4v) is 2.17. The molecule has 0 N–H and O–H groups in total. The Kier molecular flexibility index (Phi) is 8.29. The summed E-state index contributed by atoms with van der Waals surface area (Å²) in [5.74, 6) is 0.326. The van der Waals surface area contributed by atoms with Gasteiger partial charge in [-0.3, -0.25) is 0 Å². The van der Waals surface area contributed by atoms with E-state index < -0.39 is 16.6 Å². The van der Waals surface area contributed by atoms with Crippen LogP contribution in [0.2, 0.25) is 0 Å². The summed E-state index contributed by atoms with van der Waals surface area (Å²) in [7, 11) is 0.547. The Hall–Kier alpha value is -0.910. The van der Waals surface area contributed by atoms with Gasteiger partial charge >= 0.3 is 6.09 Å². The van der Waals surface area contributed by atoms with Crippen LogP contribution >= 0.6 is 0 Å². The number of hydrogen-bond donors (Lipinski definition) is 0. The van der Waals surface area contributed by atoms with Crippen LogP contribution in [-0.2, 0) is 15.7 Å². The van der Waals surface area contributed by atoms with Crippen molar-refractivity contribution in [2.45, 2.75) is 71.7 Å². The van der Waals surface area contributed by atoms with Gasteiger partial charge in [0.2, 0.25) is 0 Å². The maximum absolute atomic E-state index is 11.9. The molecule has 0 heterocycles. The van der Waals surface area contributed by atoms with Gasteiger partial charge in [0.05, 0.1) is 4.75 Å². The first-order chi connectivity index (χ1) is 9.83. The van der Waals surface area contributed by atoms with Crippen molar-refractivity contribution in [2.24, 2.45) is 10.3 Å². The molecular formula is C16H32N2O3S. The van der Waals surface area contributed by atoms with Crippen molar-refractivity contribution in [1.82, 2.24) is 4.90 Å². The highest BCUT2D eigenvalue weighted by molar-refractivity contribution is 7.85. The largest absolute Gasteiger partial charge is 0.444 e. The molecule has 1 amide bonds. The molecule has 1 unspecified atom stereocenters. The lowest BCUT2D eigenvalue weighted by Crippen LogP contribution is -2.36. The van der Waals surface area contributed by atoms with E-state index >= 15 is 0 Å². The summed E-state index contributed by atoms with van der Waals surface area (Å²) in [6, 6.07) is 0.